The molecule has 0 N–H and O–H groups in total. The van der Waals surface area contributed by atoms with Gasteiger partial charge in [-0.25, -0.2) is 0 Å². The molecular weight excluding hydrogens is 136 g/mol. The number of aliphatic imine (C=N–C) groups is 1. The van der Waals surface area contributed by atoms with Crippen molar-refractivity contribution < 1.29 is 0 Å². The molecule has 0 amide bonds. The summed E-state index contributed by atoms with van der Waals surface area (Å²) in [5, 5.41) is 0. The highest BCUT2D eigenvalue weighted by Gasteiger charge is 1.96. The van der Waals surface area contributed by atoms with E-state index in [1.54, 1.807) is 0 Å². The van der Waals surface area contributed by atoms with Gasteiger partial charge in [0.2, 0.25) is 0 Å². The van der Waals surface area contributed by atoms with Crippen molar-refractivity contribution in [1.82, 2.24) is 4.90 Å². The van der Waals surface area contributed by atoms with Gasteiger partial charge in [0.25, 0.3) is 0 Å². The van der Waals surface area contributed by atoms with Crippen molar-refractivity contribution in [3.63, 3.8) is 0 Å². The molecule has 2 nitrogen and oxygen atoms in total. The molecule has 0 saturated heterocycles. The summed E-state index contributed by atoms with van der Waals surface area (Å²) in [6.07, 6.45) is 8.72. The van der Waals surface area contributed by atoms with Gasteiger partial charge in [0.05, 0.1) is 12.4 Å². The fourth-order valence-electron chi connectivity index (χ4n) is 1.08. The third-order valence-electron chi connectivity index (χ3n) is 1.80. The van der Waals surface area contributed by atoms with E-state index in [1.807, 2.05) is 6.34 Å². The monoisotopic (exact) mass is 152 g/mol. The third kappa shape index (κ3) is 3.21. The predicted octanol–water partition coefficient (Wildman–Crippen LogP) is 1.68. The van der Waals surface area contributed by atoms with Crippen LogP contribution < -0.4 is 0 Å². The molecule has 11 heavy (non-hydrogen) atoms. The first-order valence-corrected chi connectivity index (χ1v) is 4.19. The van der Waals surface area contributed by atoms with Crippen molar-refractivity contribution in [2.24, 2.45) is 4.99 Å². The summed E-state index contributed by atoms with van der Waals surface area (Å²) in [6.45, 7) is 3.22. The van der Waals surface area contributed by atoms with Crippen LogP contribution in [0.4, 0.5) is 0 Å². The maximum atomic E-state index is 4.34. The van der Waals surface area contributed by atoms with Crippen LogP contribution in [-0.4, -0.2) is 30.9 Å². The number of nitrogens with zero attached hydrogens (tertiary/aromatic N) is 2. The zero-order chi connectivity index (χ0) is 8.10. The summed E-state index contributed by atoms with van der Waals surface area (Å²) in [5.74, 6) is 0. The van der Waals surface area contributed by atoms with Gasteiger partial charge in [-0.05, 0) is 19.8 Å². The number of rotatable bonds is 0. The molecule has 0 aromatic carbocycles. The molecule has 0 spiro atoms. The van der Waals surface area contributed by atoms with Gasteiger partial charge in [0, 0.05) is 13.6 Å². The molecule has 0 aromatic rings. The molecular formula is C9H16N2. The molecule has 1 aliphatic rings. The smallest absolute Gasteiger partial charge is 0.0854 e. The largest absolute Gasteiger partial charge is 0.366 e. The Kier molecular flexibility index (Phi) is 3.14. The molecule has 1 heterocycles. The lowest BCUT2D eigenvalue weighted by atomic mass is 10.2. The summed E-state index contributed by atoms with van der Waals surface area (Å²) in [5.41, 5.74) is 0. The maximum absolute atomic E-state index is 4.34. The Morgan fingerprint density at radius 1 is 1.55 bits per heavy atom. The third-order valence-corrected chi connectivity index (χ3v) is 1.80. The second-order valence-electron chi connectivity index (χ2n) is 3.06. The first kappa shape index (κ1) is 8.31. The van der Waals surface area contributed by atoms with Gasteiger partial charge in [0.15, 0.2) is 0 Å². The van der Waals surface area contributed by atoms with Gasteiger partial charge < -0.3 is 4.90 Å². The molecule has 0 radical (unpaired) electrons. The molecule has 1 atom stereocenters. The Balaban J connectivity index is 2.51. The molecule has 0 bridgehead atoms. The average Bonchev–Trinajstić information content (AvgIpc) is 2.06. The standard InChI is InChI=1S/C9H16N2/c1-9-6-4-3-5-7-11(2)8-10-9/h4,6,8-9H,3,5,7H2,1-2H3/b6-4-,10-8?. The highest BCUT2D eigenvalue weighted by Crippen LogP contribution is 2.00. The van der Waals surface area contributed by atoms with E-state index in [1.165, 1.54) is 12.8 Å². The van der Waals surface area contributed by atoms with Gasteiger partial charge >= 0.3 is 0 Å². The summed E-state index contributed by atoms with van der Waals surface area (Å²) >= 11 is 0. The molecule has 2 heteroatoms. The molecule has 0 fully saturated rings. The molecule has 1 unspecified atom stereocenters. The normalized spacial score (nSPS) is 28.9. The number of hydrogen-bond donors (Lipinski definition) is 0. The van der Waals surface area contributed by atoms with Crippen LogP contribution in [0.25, 0.3) is 0 Å². The minimum absolute atomic E-state index is 0.343. The van der Waals surface area contributed by atoms with Crippen molar-refractivity contribution in [3.8, 4) is 0 Å². The lowest BCUT2D eigenvalue weighted by Crippen LogP contribution is -2.17. The second kappa shape index (κ2) is 4.16. The summed E-state index contributed by atoms with van der Waals surface area (Å²) in [4.78, 5) is 6.48. The lowest BCUT2D eigenvalue weighted by Gasteiger charge is -2.10. The number of allylic oxidation sites excluding steroid dienone is 1. The van der Waals surface area contributed by atoms with E-state index in [4.69, 9.17) is 0 Å². The van der Waals surface area contributed by atoms with Crippen molar-refractivity contribution >= 4 is 6.34 Å². The topological polar surface area (TPSA) is 15.6 Å². The predicted molar refractivity (Wildman–Crippen MR) is 49.0 cm³/mol. The van der Waals surface area contributed by atoms with Crippen LogP contribution in [0.2, 0.25) is 0 Å². The Labute approximate surface area is 68.6 Å². The Hall–Kier alpha value is -0.790. The van der Waals surface area contributed by atoms with Gasteiger partial charge in [-0.1, -0.05) is 12.2 Å². The summed E-state index contributed by atoms with van der Waals surface area (Å²) < 4.78 is 0. The maximum Gasteiger partial charge on any atom is 0.0854 e. The minimum Gasteiger partial charge on any atom is -0.366 e. The van der Waals surface area contributed by atoms with E-state index in [-0.39, 0.29) is 0 Å². The highest BCUT2D eigenvalue weighted by molar-refractivity contribution is 5.54. The van der Waals surface area contributed by atoms with Gasteiger partial charge in [-0.15, -0.1) is 0 Å². The Morgan fingerprint density at radius 3 is 3.18 bits per heavy atom. The first-order chi connectivity index (χ1) is 5.29. The van der Waals surface area contributed by atoms with Crippen molar-refractivity contribution in [1.29, 1.82) is 0 Å². The van der Waals surface area contributed by atoms with Crippen LogP contribution in [0.3, 0.4) is 0 Å². The molecule has 0 aliphatic carbocycles. The van der Waals surface area contributed by atoms with Crippen LogP contribution in [0.5, 0.6) is 0 Å². The highest BCUT2D eigenvalue weighted by atomic mass is 15.1. The molecule has 1 rings (SSSR count). The van der Waals surface area contributed by atoms with Crippen LogP contribution in [0, 0.1) is 0 Å². The second-order valence-corrected chi connectivity index (χ2v) is 3.06. The van der Waals surface area contributed by atoms with Crippen molar-refractivity contribution in [2.75, 3.05) is 13.6 Å². The van der Waals surface area contributed by atoms with E-state index in [0.717, 1.165) is 6.54 Å². The SMILES string of the molecule is CC1/C=C\CCCN(C)C=N1. The van der Waals surface area contributed by atoms with Gasteiger partial charge in [-0.3, -0.25) is 4.99 Å². The molecule has 0 aromatic heterocycles. The quantitative estimate of drug-likeness (QED) is 0.482. The van der Waals surface area contributed by atoms with E-state index < -0.39 is 0 Å². The van der Waals surface area contributed by atoms with Crippen molar-refractivity contribution in [3.05, 3.63) is 12.2 Å². The summed E-state index contributed by atoms with van der Waals surface area (Å²) in [6, 6.07) is 0.343. The first-order valence-electron chi connectivity index (χ1n) is 4.19. The molecule has 1 aliphatic heterocycles. The fraction of sp³-hybridized carbons (Fsp3) is 0.667. The van der Waals surface area contributed by atoms with E-state index in [9.17, 15) is 0 Å². The lowest BCUT2D eigenvalue weighted by molar-refractivity contribution is 0.503. The van der Waals surface area contributed by atoms with Gasteiger partial charge in [0.1, 0.15) is 0 Å². The van der Waals surface area contributed by atoms with E-state index in [2.05, 4.69) is 36.0 Å². The van der Waals surface area contributed by atoms with Crippen molar-refractivity contribution in [2.45, 2.75) is 25.8 Å². The zero-order valence-corrected chi connectivity index (χ0v) is 7.33. The van der Waals surface area contributed by atoms with E-state index in [0.29, 0.717) is 6.04 Å². The van der Waals surface area contributed by atoms with Crippen LogP contribution in [-0.2, 0) is 0 Å². The fourth-order valence-corrected chi connectivity index (χ4v) is 1.08. The average molecular weight is 152 g/mol. The van der Waals surface area contributed by atoms with Crippen LogP contribution >= 0.6 is 0 Å². The van der Waals surface area contributed by atoms with E-state index >= 15 is 0 Å². The van der Waals surface area contributed by atoms with Crippen LogP contribution in [0.1, 0.15) is 19.8 Å². The molecule has 0 saturated carbocycles. The molecule has 62 valence electrons. The van der Waals surface area contributed by atoms with Gasteiger partial charge in [-0.2, -0.15) is 0 Å². The Morgan fingerprint density at radius 2 is 2.36 bits per heavy atom. The Bertz CT molecular complexity index is 161. The summed E-state index contributed by atoms with van der Waals surface area (Å²) in [7, 11) is 2.07. The minimum atomic E-state index is 0.343. The zero-order valence-electron chi connectivity index (χ0n) is 7.33. The van der Waals surface area contributed by atoms with Crippen LogP contribution in [0.15, 0.2) is 17.1 Å². The number of hydrogen-bond acceptors (Lipinski definition) is 2.